The van der Waals surface area contributed by atoms with Crippen LogP contribution in [-0.2, 0) is 31.9 Å². The molecule has 1 aliphatic rings. The number of phenols is 1. The Morgan fingerprint density at radius 1 is 0.875 bits per heavy atom. The topological polar surface area (TPSA) is 49.2 Å². The van der Waals surface area contributed by atoms with Crippen LogP contribution in [0, 0.1) is 13.0 Å². The normalized spacial score (nSPS) is 13.6. The number of hydrogen-bond acceptors (Lipinski definition) is 4. The first-order valence-electron chi connectivity index (χ1n) is 16.5. The third-order valence-corrected chi connectivity index (χ3v) is 9.67. The summed E-state index contributed by atoms with van der Waals surface area (Å²) < 4.78 is 0. The molecule has 0 atom stereocenters. The van der Waals surface area contributed by atoms with Crippen molar-refractivity contribution in [2.24, 2.45) is 0 Å². The number of phenolic OH excluding ortho intramolecular Hbond substituents is 1. The number of para-hydroxylation sites is 1. The van der Waals surface area contributed by atoms with Crippen molar-refractivity contribution in [2.45, 2.75) is 72.1 Å². The Morgan fingerprint density at radius 3 is 2.29 bits per heavy atom. The van der Waals surface area contributed by atoms with Gasteiger partial charge in [0.15, 0.2) is 0 Å². The fraction of sp³-hybridized carbons (Fsp3) is 0.256. The minimum atomic E-state index is -0.333. The molecule has 3 heterocycles. The second-order valence-electron chi connectivity index (χ2n) is 14.7. The number of nitrogens with zero attached hydrogens (tertiary/aromatic N) is 3. The van der Waals surface area contributed by atoms with E-state index in [1.54, 1.807) is 6.07 Å². The zero-order valence-electron chi connectivity index (χ0n) is 28.9. The van der Waals surface area contributed by atoms with Gasteiger partial charge < -0.3 is 10.0 Å². The van der Waals surface area contributed by atoms with Gasteiger partial charge >= 0.3 is 0 Å². The Hall–Kier alpha value is -4.27. The summed E-state index contributed by atoms with van der Waals surface area (Å²) in [6.45, 7) is 17.8. The summed E-state index contributed by atoms with van der Waals surface area (Å²) in [6.07, 6.45) is 1.88. The van der Waals surface area contributed by atoms with Crippen molar-refractivity contribution in [1.29, 1.82) is 0 Å². The molecule has 1 aliphatic heterocycles. The average molecular weight is 812 g/mol. The molecule has 2 aromatic heterocycles. The molecule has 0 aliphatic carbocycles. The smallest absolute Gasteiger partial charge is 0.140 e. The van der Waals surface area contributed by atoms with Crippen LogP contribution in [0.1, 0.15) is 82.2 Å². The molecule has 0 unspecified atom stereocenters. The fourth-order valence-corrected chi connectivity index (χ4v) is 7.10. The Labute approximate surface area is 299 Å². The molecule has 4 aromatic carbocycles. The van der Waals surface area contributed by atoms with Crippen LogP contribution in [-0.4, -0.2) is 15.1 Å². The number of fused-ring (bicyclic) bond motifs is 3. The maximum absolute atomic E-state index is 11.0. The van der Waals surface area contributed by atoms with E-state index in [-0.39, 0.29) is 37.6 Å². The van der Waals surface area contributed by atoms with Crippen LogP contribution >= 0.6 is 0 Å². The number of aromatic hydroxyl groups is 1. The van der Waals surface area contributed by atoms with Gasteiger partial charge in [-0.3, -0.25) is 4.98 Å². The second-order valence-corrected chi connectivity index (χ2v) is 14.7. The first-order chi connectivity index (χ1) is 22.3. The number of anilines is 3. The summed E-state index contributed by atoms with van der Waals surface area (Å²) in [5, 5.41) is 11.9. The van der Waals surface area contributed by atoms with Gasteiger partial charge in [0.05, 0.1) is 0 Å². The number of aryl methyl sites for hydroxylation is 1. The molecule has 6 aromatic rings. The molecule has 246 valence electrons. The minimum Gasteiger partial charge on any atom is -0.506 e. The van der Waals surface area contributed by atoms with Crippen LogP contribution in [0.15, 0.2) is 97.2 Å². The van der Waals surface area contributed by atoms with Crippen LogP contribution in [0.25, 0.3) is 33.3 Å². The van der Waals surface area contributed by atoms with Gasteiger partial charge in [-0.2, -0.15) is 0 Å². The van der Waals surface area contributed by atoms with Crippen LogP contribution < -0.4 is 4.90 Å². The Balaban J connectivity index is 0.00000401. The molecular weight excluding hydrogens is 770 g/mol. The van der Waals surface area contributed by atoms with Crippen LogP contribution in [0.2, 0.25) is 0 Å². The molecule has 0 saturated heterocycles. The molecule has 48 heavy (non-hydrogen) atoms. The molecule has 0 fully saturated rings. The van der Waals surface area contributed by atoms with Gasteiger partial charge in [0.1, 0.15) is 17.1 Å². The Kier molecular flexibility index (Phi) is 8.63. The van der Waals surface area contributed by atoms with Gasteiger partial charge in [-0.25, -0.2) is 4.98 Å². The molecule has 0 saturated carbocycles. The van der Waals surface area contributed by atoms with Crippen molar-refractivity contribution in [3.05, 3.63) is 131 Å². The summed E-state index contributed by atoms with van der Waals surface area (Å²) in [5.74, 6) is 1.34. The number of rotatable bonds is 4. The minimum absolute atomic E-state index is 0. The predicted molar refractivity (Wildman–Crippen MR) is 195 cm³/mol. The van der Waals surface area contributed by atoms with Crippen LogP contribution in [0.5, 0.6) is 5.75 Å². The maximum atomic E-state index is 11.0. The SMILES string of the molecule is Cc1ccnc(N2c3[c-]c(-c4ccc5c(C(C)C)ccc(O)c5n4)cc(-c4ccc(C(C)(C)C)cc4)c3C(C)(C)c3ccccc32)c1.[Pt]. The molecule has 0 bridgehead atoms. The van der Waals surface area contributed by atoms with Crippen molar-refractivity contribution in [1.82, 2.24) is 9.97 Å². The van der Waals surface area contributed by atoms with Crippen molar-refractivity contribution < 1.29 is 26.2 Å². The van der Waals surface area contributed by atoms with Gasteiger partial charge in [0.25, 0.3) is 0 Å². The zero-order chi connectivity index (χ0) is 33.2. The number of hydrogen-bond donors (Lipinski definition) is 1. The summed E-state index contributed by atoms with van der Waals surface area (Å²) in [6, 6.07) is 35.8. The first kappa shape index (κ1) is 33.6. The number of benzene rings is 4. The molecular formula is C43H42N3OPt-. The molecule has 4 nitrogen and oxygen atoms in total. The summed E-state index contributed by atoms with van der Waals surface area (Å²) in [7, 11) is 0. The number of aromatic nitrogens is 2. The first-order valence-corrected chi connectivity index (χ1v) is 16.5. The van der Waals surface area contributed by atoms with E-state index in [1.807, 2.05) is 18.3 Å². The number of pyridine rings is 2. The third kappa shape index (κ3) is 5.65. The Morgan fingerprint density at radius 2 is 1.60 bits per heavy atom. The van der Waals surface area contributed by atoms with E-state index in [1.165, 1.54) is 22.3 Å². The molecule has 0 radical (unpaired) electrons. The molecule has 0 spiro atoms. The molecule has 5 heteroatoms. The fourth-order valence-electron chi connectivity index (χ4n) is 7.10. The van der Waals surface area contributed by atoms with Crippen LogP contribution in [0.4, 0.5) is 17.2 Å². The van der Waals surface area contributed by atoms with E-state index in [9.17, 15) is 5.11 Å². The molecule has 7 rings (SSSR count). The third-order valence-electron chi connectivity index (χ3n) is 9.67. The zero-order valence-corrected chi connectivity index (χ0v) is 31.2. The van der Waals surface area contributed by atoms with Crippen molar-refractivity contribution in [2.75, 3.05) is 4.90 Å². The predicted octanol–water partition coefficient (Wildman–Crippen LogP) is 11.3. The second kappa shape index (κ2) is 12.3. The van der Waals surface area contributed by atoms with Crippen molar-refractivity contribution in [3.63, 3.8) is 0 Å². The van der Waals surface area contributed by atoms with Gasteiger partial charge in [0.2, 0.25) is 0 Å². The van der Waals surface area contributed by atoms with E-state index in [4.69, 9.17) is 9.97 Å². The molecule has 0 amide bonds. The maximum Gasteiger partial charge on any atom is 0.140 e. The quantitative estimate of drug-likeness (QED) is 0.180. The molecule has 1 N–H and O–H groups in total. The standard InChI is InChI=1S/C43H42N3O.Pt/c1-26(2)31-18-20-38(47)41-32(31)17-19-35(45-41)29-24-33(28-13-15-30(16-14-28)42(4,5)6)40-37(25-29)46(39-23-27(3)21-22-44-39)36-12-10-9-11-34(36)43(40,7)8;/h9-24,26,47H,1-8H3;/q-1;. The van der Waals surface area contributed by atoms with E-state index in [0.717, 1.165) is 50.5 Å². The summed E-state index contributed by atoms with van der Waals surface area (Å²) >= 11 is 0. The monoisotopic (exact) mass is 811 g/mol. The summed E-state index contributed by atoms with van der Waals surface area (Å²) in [4.78, 5) is 12.2. The van der Waals surface area contributed by atoms with Gasteiger partial charge in [0, 0.05) is 38.3 Å². The van der Waals surface area contributed by atoms with Crippen LogP contribution in [0.3, 0.4) is 0 Å². The van der Waals surface area contributed by atoms with E-state index >= 15 is 0 Å². The van der Waals surface area contributed by atoms with E-state index in [0.29, 0.717) is 11.4 Å². The van der Waals surface area contributed by atoms with E-state index in [2.05, 4.69) is 139 Å². The van der Waals surface area contributed by atoms with Crippen molar-refractivity contribution >= 4 is 28.1 Å². The average Bonchev–Trinajstić information content (AvgIpc) is 3.04. The van der Waals surface area contributed by atoms with E-state index < -0.39 is 0 Å². The van der Waals surface area contributed by atoms with Gasteiger partial charge in [-0.1, -0.05) is 120 Å². The van der Waals surface area contributed by atoms with Crippen molar-refractivity contribution in [3.8, 4) is 28.1 Å². The Bertz CT molecular complexity index is 2160. The van der Waals surface area contributed by atoms with Gasteiger partial charge in [-0.15, -0.1) is 17.7 Å². The largest absolute Gasteiger partial charge is 0.506 e. The summed E-state index contributed by atoms with van der Waals surface area (Å²) in [5.41, 5.74) is 12.3. The van der Waals surface area contributed by atoms with Gasteiger partial charge in [-0.05, 0) is 87.1 Å².